The van der Waals surface area contributed by atoms with Gasteiger partial charge in [0.15, 0.2) is 0 Å². The molecule has 1 aliphatic rings. The van der Waals surface area contributed by atoms with Crippen LogP contribution in [0.3, 0.4) is 0 Å². The number of morpholine rings is 1. The Kier molecular flexibility index (Phi) is 4.95. The highest BCUT2D eigenvalue weighted by atomic mass is 35.5. The summed E-state index contributed by atoms with van der Waals surface area (Å²) in [6.07, 6.45) is 0. The Bertz CT molecular complexity index is 1060. The average molecular weight is 401 g/mol. The Morgan fingerprint density at radius 2 is 1.93 bits per heavy atom. The molecule has 1 N–H and O–H groups in total. The minimum absolute atomic E-state index is 0.274. The number of carbonyl (C=O) groups is 1. The largest absolute Gasteiger partial charge is 0.442 e. The number of furan rings is 1. The SMILES string of the molecule is Cc1nc(N2CCOCC2)c2c(C(=O)Nc3cccc(Cl)c3C)c(C)oc2n1. The molecule has 1 saturated heterocycles. The van der Waals surface area contributed by atoms with Gasteiger partial charge in [-0.1, -0.05) is 17.7 Å². The summed E-state index contributed by atoms with van der Waals surface area (Å²) in [5.41, 5.74) is 2.32. The van der Waals surface area contributed by atoms with E-state index in [0.717, 1.165) is 5.56 Å². The van der Waals surface area contributed by atoms with Gasteiger partial charge in [0, 0.05) is 23.8 Å². The third-order valence-electron chi connectivity index (χ3n) is 4.87. The van der Waals surface area contributed by atoms with Crippen LogP contribution in [0.25, 0.3) is 11.1 Å². The van der Waals surface area contributed by atoms with Crippen molar-refractivity contribution in [2.45, 2.75) is 20.8 Å². The number of benzene rings is 1. The number of aromatic nitrogens is 2. The van der Waals surface area contributed by atoms with Gasteiger partial charge in [-0.25, -0.2) is 4.98 Å². The van der Waals surface area contributed by atoms with Crippen LogP contribution in [0, 0.1) is 20.8 Å². The number of aryl methyl sites for hydroxylation is 2. The van der Waals surface area contributed by atoms with Crippen LogP contribution >= 0.6 is 11.6 Å². The van der Waals surface area contributed by atoms with Gasteiger partial charge >= 0.3 is 0 Å². The fourth-order valence-corrected chi connectivity index (χ4v) is 3.58. The Morgan fingerprint density at radius 1 is 1.18 bits per heavy atom. The summed E-state index contributed by atoms with van der Waals surface area (Å²) in [6, 6.07) is 5.41. The van der Waals surface area contributed by atoms with E-state index in [9.17, 15) is 4.79 Å². The molecule has 1 aromatic carbocycles. The van der Waals surface area contributed by atoms with Crippen LogP contribution in [0.2, 0.25) is 5.02 Å². The fourth-order valence-electron chi connectivity index (χ4n) is 3.40. The average Bonchev–Trinajstić information content (AvgIpc) is 3.01. The number of hydrogen-bond acceptors (Lipinski definition) is 6. The standard InChI is InChI=1S/C20H21ClN4O3/c1-11-14(21)5-4-6-15(11)24-19(26)16-12(2)28-20-17(16)18(22-13(3)23-20)25-7-9-27-10-8-25/h4-6H,7-10H2,1-3H3,(H,24,26). The summed E-state index contributed by atoms with van der Waals surface area (Å²) in [6.45, 7) is 8.07. The lowest BCUT2D eigenvalue weighted by Gasteiger charge is -2.28. The number of hydrogen-bond donors (Lipinski definition) is 1. The van der Waals surface area contributed by atoms with Gasteiger partial charge in [0.25, 0.3) is 5.91 Å². The van der Waals surface area contributed by atoms with Gasteiger partial charge in [-0.2, -0.15) is 4.98 Å². The Balaban J connectivity index is 1.81. The van der Waals surface area contributed by atoms with Crippen LogP contribution in [0.15, 0.2) is 22.6 Å². The van der Waals surface area contributed by atoms with Gasteiger partial charge in [-0.15, -0.1) is 0 Å². The number of anilines is 2. The Morgan fingerprint density at radius 3 is 2.68 bits per heavy atom. The van der Waals surface area contributed by atoms with Crippen molar-refractivity contribution in [1.29, 1.82) is 0 Å². The first kappa shape index (κ1) is 18.7. The molecule has 1 amide bonds. The maximum atomic E-state index is 13.2. The normalized spacial score (nSPS) is 14.5. The van der Waals surface area contributed by atoms with Crippen molar-refractivity contribution in [3.8, 4) is 0 Å². The molecule has 0 aliphatic carbocycles. The van der Waals surface area contributed by atoms with E-state index in [2.05, 4.69) is 20.2 Å². The molecule has 0 bridgehead atoms. The van der Waals surface area contributed by atoms with E-state index in [4.69, 9.17) is 20.8 Å². The first-order chi connectivity index (χ1) is 13.5. The van der Waals surface area contributed by atoms with Crippen LogP contribution in [-0.4, -0.2) is 42.2 Å². The van der Waals surface area contributed by atoms with E-state index in [1.165, 1.54) is 0 Å². The van der Waals surface area contributed by atoms with E-state index >= 15 is 0 Å². The van der Waals surface area contributed by atoms with E-state index in [1.54, 1.807) is 19.1 Å². The number of rotatable bonds is 3. The van der Waals surface area contributed by atoms with E-state index < -0.39 is 0 Å². The quantitative estimate of drug-likeness (QED) is 0.718. The van der Waals surface area contributed by atoms with Gasteiger partial charge in [-0.05, 0) is 38.5 Å². The monoisotopic (exact) mass is 400 g/mol. The van der Waals surface area contributed by atoms with Crippen LogP contribution in [0.4, 0.5) is 11.5 Å². The van der Waals surface area contributed by atoms with Crippen LogP contribution in [-0.2, 0) is 4.74 Å². The third kappa shape index (κ3) is 3.31. The summed E-state index contributed by atoms with van der Waals surface area (Å²) in [5.74, 6) is 1.53. The molecule has 2 aromatic heterocycles. The second-order valence-electron chi connectivity index (χ2n) is 6.77. The van der Waals surface area contributed by atoms with Gasteiger partial charge < -0.3 is 19.4 Å². The molecule has 0 spiro atoms. The van der Waals surface area contributed by atoms with Gasteiger partial charge in [-0.3, -0.25) is 4.79 Å². The maximum absolute atomic E-state index is 13.2. The molecule has 0 radical (unpaired) electrons. The van der Waals surface area contributed by atoms with Crippen LogP contribution in [0.5, 0.6) is 0 Å². The van der Waals surface area contributed by atoms with Crippen molar-refractivity contribution < 1.29 is 13.9 Å². The number of nitrogens with zero attached hydrogens (tertiary/aromatic N) is 3. The maximum Gasteiger partial charge on any atom is 0.260 e. The van der Waals surface area contributed by atoms with Crippen molar-refractivity contribution in [2.75, 3.05) is 36.5 Å². The predicted molar refractivity (Wildman–Crippen MR) is 108 cm³/mol. The van der Waals surface area contributed by atoms with E-state index in [0.29, 0.717) is 71.1 Å². The van der Waals surface area contributed by atoms with E-state index in [-0.39, 0.29) is 5.91 Å². The second-order valence-corrected chi connectivity index (χ2v) is 7.18. The highest BCUT2D eigenvalue weighted by molar-refractivity contribution is 6.32. The summed E-state index contributed by atoms with van der Waals surface area (Å²) >= 11 is 6.18. The van der Waals surface area contributed by atoms with Crippen molar-refractivity contribution in [3.05, 3.63) is 45.9 Å². The van der Waals surface area contributed by atoms with Crippen molar-refractivity contribution in [2.24, 2.45) is 0 Å². The fraction of sp³-hybridized carbons (Fsp3) is 0.350. The highest BCUT2D eigenvalue weighted by Crippen LogP contribution is 2.33. The first-order valence-corrected chi connectivity index (χ1v) is 9.50. The summed E-state index contributed by atoms with van der Waals surface area (Å²) < 4.78 is 11.3. The number of carbonyl (C=O) groups excluding carboxylic acids is 1. The summed E-state index contributed by atoms with van der Waals surface area (Å²) in [4.78, 5) is 24.3. The predicted octanol–water partition coefficient (Wildman–Crippen LogP) is 3.89. The lowest BCUT2D eigenvalue weighted by atomic mass is 10.1. The third-order valence-corrected chi connectivity index (χ3v) is 5.28. The molecule has 8 heteroatoms. The van der Waals surface area contributed by atoms with Crippen molar-refractivity contribution >= 4 is 40.1 Å². The molecule has 1 aliphatic heterocycles. The zero-order valence-corrected chi connectivity index (χ0v) is 16.8. The van der Waals surface area contributed by atoms with E-state index in [1.807, 2.05) is 19.9 Å². The lowest BCUT2D eigenvalue weighted by Crippen LogP contribution is -2.37. The minimum atomic E-state index is -0.274. The summed E-state index contributed by atoms with van der Waals surface area (Å²) in [7, 11) is 0. The van der Waals surface area contributed by atoms with Gasteiger partial charge in [0.1, 0.15) is 17.4 Å². The molecular weight excluding hydrogens is 380 g/mol. The molecule has 7 nitrogen and oxygen atoms in total. The van der Waals surface area contributed by atoms with Gasteiger partial charge in [0.2, 0.25) is 5.71 Å². The smallest absolute Gasteiger partial charge is 0.260 e. The molecule has 0 unspecified atom stereocenters. The topological polar surface area (TPSA) is 80.5 Å². The zero-order chi connectivity index (χ0) is 19.8. The molecule has 1 fully saturated rings. The van der Waals surface area contributed by atoms with Crippen LogP contribution in [0.1, 0.15) is 27.5 Å². The molecular formula is C20H21ClN4O3. The van der Waals surface area contributed by atoms with Crippen molar-refractivity contribution in [1.82, 2.24) is 9.97 Å². The minimum Gasteiger partial charge on any atom is -0.442 e. The molecule has 3 heterocycles. The Labute approximate surface area is 167 Å². The summed E-state index contributed by atoms with van der Waals surface area (Å²) in [5, 5.41) is 4.17. The number of fused-ring (bicyclic) bond motifs is 1. The van der Waals surface area contributed by atoms with Crippen molar-refractivity contribution in [3.63, 3.8) is 0 Å². The van der Waals surface area contributed by atoms with Crippen LogP contribution < -0.4 is 10.2 Å². The zero-order valence-electron chi connectivity index (χ0n) is 16.0. The molecule has 0 atom stereocenters. The number of nitrogens with one attached hydrogen (secondary N) is 1. The molecule has 0 saturated carbocycles. The molecule has 146 valence electrons. The number of amides is 1. The lowest BCUT2D eigenvalue weighted by molar-refractivity contribution is 0.102. The second kappa shape index (κ2) is 7.41. The van der Waals surface area contributed by atoms with Gasteiger partial charge in [0.05, 0.1) is 24.2 Å². The Hall–Kier alpha value is -2.64. The molecule has 4 rings (SSSR count). The molecule has 3 aromatic rings. The highest BCUT2D eigenvalue weighted by Gasteiger charge is 2.27. The number of ether oxygens (including phenoxy) is 1. The molecule has 28 heavy (non-hydrogen) atoms. The number of halogens is 1. The first-order valence-electron chi connectivity index (χ1n) is 9.12.